The van der Waals surface area contributed by atoms with Crippen LogP contribution >= 0.6 is 0 Å². The first kappa shape index (κ1) is 21.3. The molecule has 198 valence electrons. The summed E-state index contributed by atoms with van der Waals surface area (Å²) in [4.78, 5) is 8.18. The van der Waals surface area contributed by atoms with Crippen LogP contribution in [0.2, 0.25) is 19.6 Å². The Balaban J connectivity index is 1.28. The van der Waals surface area contributed by atoms with Gasteiger partial charge >= 0.3 is 0 Å². The molecule has 0 saturated carbocycles. The van der Waals surface area contributed by atoms with Crippen molar-refractivity contribution in [1.29, 1.82) is 0 Å². The van der Waals surface area contributed by atoms with Crippen LogP contribution in [0.5, 0.6) is 11.5 Å². The summed E-state index contributed by atoms with van der Waals surface area (Å²) in [6, 6.07) is 26.7. The van der Waals surface area contributed by atoms with Crippen LogP contribution in [0.25, 0.3) is 33.3 Å². The number of benzene rings is 3. The molecule has 0 spiro atoms. The zero-order valence-corrected chi connectivity index (χ0v) is 23.7. The first-order valence-corrected chi connectivity index (χ1v) is 17.0. The molecule has 0 amide bonds. The van der Waals surface area contributed by atoms with Gasteiger partial charge < -0.3 is 14.5 Å². The maximum Gasteiger partial charge on any atom is 0.137 e. The van der Waals surface area contributed by atoms with Gasteiger partial charge in [0, 0.05) is 52.1 Å². The van der Waals surface area contributed by atoms with Crippen LogP contribution in [0.4, 0.5) is 0 Å². The molecule has 1 unspecified atom stereocenters. The highest BCUT2D eigenvalue weighted by atomic mass is 28.3. The second-order valence-corrected chi connectivity index (χ2v) is 16.4. The first-order chi connectivity index (χ1) is 20.6. The fourth-order valence-electron chi connectivity index (χ4n) is 5.56. The van der Waals surface area contributed by atoms with Crippen LogP contribution in [0.1, 0.15) is 9.68 Å². The summed E-state index contributed by atoms with van der Waals surface area (Å²) in [6.45, 7) is 4.78. The van der Waals surface area contributed by atoms with Crippen molar-refractivity contribution >= 4 is 40.8 Å². The summed E-state index contributed by atoms with van der Waals surface area (Å²) in [7, 11) is -1.54. The fourth-order valence-corrected chi connectivity index (χ4v) is 6.69. The van der Waals surface area contributed by atoms with E-state index in [1.165, 1.54) is 10.1 Å². The van der Waals surface area contributed by atoms with Gasteiger partial charge in [0.1, 0.15) is 23.5 Å². The van der Waals surface area contributed by atoms with Crippen LogP contribution in [0.15, 0.2) is 116 Å². The van der Waals surface area contributed by atoms with Gasteiger partial charge in [-0.1, -0.05) is 61.2 Å². The monoisotopic (exact) mass is 543 g/mol. The molecule has 40 heavy (non-hydrogen) atoms. The molecule has 1 atom stereocenters. The maximum absolute atomic E-state index is 8.02. The normalized spacial score (nSPS) is 18.0. The van der Waals surface area contributed by atoms with Crippen molar-refractivity contribution < 1.29 is 8.85 Å². The molecule has 0 bridgehead atoms. The van der Waals surface area contributed by atoms with Crippen molar-refractivity contribution in [3.05, 3.63) is 121 Å². The number of hydrogen-bond acceptors (Lipinski definition) is 4. The van der Waals surface area contributed by atoms with Gasteiger partial charge in [-0.25, -0.2) is 4.98 Å². The van der Waals surface area contributed by atoms with E-state index in [0.717, 1.165) is 38.9 Å². The van der Waals surface area contributed by atoms with Crippen molar-refractivity contribution in [3.8, 4) is 17.3 Å². The third-order valence-corrected chi connectivity index (χ3v) is 9.64. The van der Waals surface area contributed by atoms with Crippen LogP contribution in [0.3, 0.4) is 0 Å². The molecule has 2 aliphatic rings. The number of nitrogens with zero attached hydrogens (tertiary/aromatic N) is 4. The molecule has 3 aromatic carbocycles. The molecule has 0 saturated heterocycles. The lowest BCUT2D eigenvalue weighted by Gasteiger charge is -2.29. The molecule has 5 nitrogen and oxygen atoms in total. The van der Waals surface area contributed by atoms with Crippen molar-refractivity contribution in [2.45, 2.75) is 25.8 Å². The predicted molar refractivity (Wildman–Crippen MR) is 168 cm³/mol. The number of aromatic nitrogens is 2. The number of pyridine rings is 1. The Labute approximate surface area is 240 Å². The van der Waals surface area contributed by atoms with E-state index in [1.54, 1.807) is 6.20 Å². The van der Waals surface area contributed by atoms with Crippen LogP contribution in [-0.4, -0.2) is 40.6 Å². The highest BCUT2D eigenvalue weighted by molar-refractivity contribution is 6.88. The van der Waals surface area contributed by atoms with Gasteiger partial charge in [-0.2, -0.15) is 0 Å². The summed E-state index contributed by atoms with van der Waals surface area (Å²) >= 11 is 0. The van der Waals surface area contributed by atoms with Gasteiger partial charge in [0.05, 0.1) is 24.8 Å². The quantitative estimate of drug-likeness (QED) is 0.215. The van der Waals surface area contributed by atoms with Gasteiger partial charge in [-0.3, -0.25) is 4.57 Å². The second-order valence-electron chi connectivity index (χ2n) is 11.3. The largest absolute Gasteiger partial charge is 0.457 e. The molecule has 2 aliphatic heterocycles. The Morgan fingerprint density at radius 1 is 0.850 bits per heavy atom. The predicted octanol–water partition coefficient (Wildman–Crippen LogP) is 7.47. The summed E-state index contributed by atoms with van der Waals surface area (Å²) in [5.41, 5.74) is 3.80. The van der Waals surface area contributed by atoms with Crippen molar-refractivity contribution in [2.75, 3.05) is 6.98 Å². The van der Waals surface area contributed by atoms with Crippen LogP contribution < -0.4 is 9.92 Å². The lowest BCUT2D eigenvalue weighted by Crippen LogP contribution is -2.37. The Hall–Kier alpha value is -4.55. The molecule has 2 aromatic heterocycles. The first-order valence-electron chi connectivity index (χ1n) is 15.0. The van der Waals surface area contributed by atoms with E-state index in [0.29, 0.717) is 11.5 Å². The average Bonchev–Trinajstić information content (AvgIpc) is 3.53. The smallest absolute Gasteiger partial charge is 0.137 e. The Morgan fingerprint density at radius 2 is 1.70 bits per heavy atom. The highest BCUT2D eigenvalue weighted by Crippen LogP contribution is 2.37. The molecule has 4 heterocycles. The SMILES string of the molecule is [2H]C([2H])([2H])N1C=C(c2cccc(Oc3ccc4c5ccccc5n(-c5cc([Si](C)(C)C)ccn5)c4c3)c2)N2C=CC=CC21. The molecule has 0 radical (unpaired) electrons. The molecule has 0 N–H and O–H groups in total. The minimum absolute atomic E-state index is 0.394. The zero-order chi connectivity index (χ0) is 29.9. The van der Waals surface area contributed by atoms with Gasteiger partial charge in [-0.15, -0.1) is 0 Å². The summed E-state index contributed by atoms with van der Waals surface area (Å²) < 4.78 is 32.7. The van der Waals surface area contributed by atoms with E-state index in [4.69, 9.17) is 13.8 Å². The summed E-state index contributed by atoms with van der Waals surface area (Å²) in [5.74, 6) is 2.27. The van der Waals surface area contributed by atoms with Crippen molar-refractivity contribution in [1.82, 2.24) is 19.4 Å². The number of ether oxygens (including phenoxy) is 1. The van der Waals surface area contributed by atoms with E-state index >= 15 is 0 Å². The fraction of sp³-hybridized carbons (Fsp3) is 0.147. The van der Waals surface area contributed by atoms with Crippen molar-refractivity contribution in [2.24, 2.45) is 0 Å². The van der Waals surface area contributed by atoms with E-state index in [1.807, 2.05) is 65.9 Å². The van der Waals surface area contributed by atoms with Crippen molar-refractivity contribution in [3.63, 3.8) is 0 Å². The second kappa shape index (κ2) is 9.28. The minimum atomic E-state index is -2.26. The molecule has 5 aromatic rings. The Morgan fingerprint density at radius 3 is 2.58 bits per heavy atom. The summed E-state index contributed by atoms with van der Waals surface area (Å²) in [5, 5.41) is 3.65. The molecule has 0 aliphatic carbocycles. The number of likely N-dealkylation sites (N-methyl/N-ethyl adjacent to an activating group) is 1. The molecule has 0 fully saturated rings. The third kappa shape index (κ3) is 4.12. The van der Waals surface area contributed by atoms with E-state index in [2.05, 4.69) is 72.7 Å². The zero-order valence-electron chi connectivity index (χ0n) is 25.7. The van der Waals surface area contributed by atoms with Gasteiger partial charge in [0.2, 0.25) is 0 Å². The van der Waals surface area contributed by atoms with E-state index in [9.17, 15) is 0 Å². The third-order valence-electron chi connectivity index (χ3n) is 7.60. The lowest BCUT2D eigenvalue weighted by atomic mass is 10.1. The van der Waals surface area contributed by atoms with E-state index < -0.39 is 21.2 Å². The van der Waals surface area contributed by atoms with Gasteiger partial charge in [0.15, 0.2) is 0 Å². The number of fused-ring (bicyclic) bond motifs is 4. The molecular formula is C34H32N4OSi. The molecular weight excluding hydrogens is 508 g/mol. The number of hydrogen-bond donors (Lipinski definition) is 0. The Kier molecular flexibility index (Phi) is 4.94. The van der Waals surface area contributed by atoms with Gasteiger partial charge in [-0.05, 0) is 54.6 Å². The highest BCUT2D eigenvalue weighted by Gasteiger charge is 2.28. The summed E-state index contributed by atoms with van der Waals surface area (Å²) in [6.07, 6.45) is 10.8. The molecule has 7 rings (SSSR count). The number of allylic oxidation sites excluding steroid dienone is 2. The topological polar surface area (TPSA) is 33.5 Å². The Bertz CT molecular complexity index is 1970. The standard InChI is InChI=1S/C34H32N4OSi/c1-36-23-32(37-19-8-7-14-34(36)37)24-10-9-11-25(20-24)39-26-15-16-29-28-12-5-6-13-30(28)38(31(29)21-26)33-22-27(17-18-35-33)40(2,3)4/h5-23,34H,1-4H3/i1D3. The van der Waals surface area contributed by atoms with E-state index in [-0.39, 0.29) is 0 Å². The van der Waals surface area contributed by atoms with Crippen LogP contribution in [-0.2, 0) is 0 Å². The average molecular weight is 544 g/mol. The molecule has 6 heteroatoms. The van der Waals surface area contributed by atoms with Gasteiger partial charge in [0.25, 0.3) is 0 Å². The maximum atomic E-state index is 8.02. The minimum Gasteiger partial charge on any atom is -0.457 e. The lowest BCUT2D eigenvalue weighted by molar-refractivity contribution is 0.282. The number of para-hydroxylation sites is 1. The van der Waals surface area contributed by atoms with Crippen LogP contribution in [0, 0.1) is 0 Å². The number of rotatable bonds is 5.